The van der Waals surface area contributed by atoms with E-state index in [1.165, 1.54) is 17.4 Å². The van der Waals surface area contributed by atoms with Gasteiger partial charge >= 0.3 is 12.2 Å². The van der Waals surface area contributed by atoms with Crippen molar-refractivity contribution in [2.24, 2.45) is 0 Å². The van der Waals surface area contributed by atoms with Crippen molar-refractivity contribution < 1.29 is 27.9 Å². The van der Waals surface area contributed by atoms with Crippen molar-refractivity contribution in [3.63, 3.8) is 0 Å². The first kappa shape index (κ1) is 32.2. The third-order valence-electron chi connectivity index (χ3n) is 7.54. The Morgan fingerprint density at radius 3 is 2.50 bits per heavy atom. The van der Waals surface area contributed by atoms with Crippen molar-refractivity contribution in [3.8, 4) is 10.4 Å². The van der Waals surface area contributed by atoms with E-state index < -0.39 is 27.7 Å². The molecule has 1 saturated carbocycles. The summed E-state index contributed by atoms with van der Waals surface area (Å²) in [5.41, 5.74) is 0.0908. The van der Waals surface area contributed by atoms with Crippen LogP contribution in [-0.2, 0) is 14.8 Å². The van der Waals surface area contributed by atoms with Crippen LogP contribution in [0, 0.1) is 0 Å². The van der Waals surface area contributed by atoms with Crippen molar-refractivity contribution in [1.82, 2.24) is 19.9 Å². The molecule has 2 heterocycles. The van der Waals surface area contributed by atoms with Gasteiger partial charge in [0.25, 0.3) is 0 Å². The molecular formula is C29H43N5O6S2. The summed E-state index contributed by atoms with van der Waals surface area (Å²) >= 11 is 1.45. The lowest BCUT2D eigenvalue weighted by atomic mass is 9.85. The topological polar surface area (TPSA) is 150 Å². The van der Waals surface area contributed by atoms with E-state index in [0.29, 0.717) is 16.1 Å². The minimum Gasteiger partial charge on any atom is -0.465 e. The molecule has 0 unspecified atom stereocenters. The van der Waals surface area contributed by atoms with Crippen LogP contribution in [-0.4, -0.2) is 72.4 Å². The van der Waals surface area contributed by atoms with Gasteiger partial charge in [0, 0.05) is 47.0 Å². The molecule has 42 heavy (non-hydrogen) atoms. The smallest absolute Gasteiger partial charge is 0.411 e. The number of carbonyl (C=O) groups is 2. The summed E-state index contributed by atoms with van der Waals surface area (Å²) in [5, 5.41) is 16.5. The third-order valence-corrected chi connectivity index (χ3v) is 10.5. The summed E-state index contributed by atoms with van der Waals surface area (Å²) < 4.78 is 35.2. The van der Waals surface area contributed by atoms with Crippen LogP contribution in [0.3, 0.4) is 0 Å². The highest BCUT2D eigenvalue weighted by molar-refractivity contribution is 7.89. The zero-order valence-electron chi connectivity index (χ0n) is 25.0. The van der Waals surface area contributed by atoms with Crippen molar-refractivity contribution in [1.29, 1.82) is 0 Å². The molecule has 0 bridgehead atoms. The number of aromatic nitrogens is 1. The number of amides is 2. The summed E-state index contributed by atoms with van der Waals surface area (Å²) in [5.74, 6) is 0.181. The first-order chi connectivity index (χ1) is 19.7. The lowest BCUT2D eigenvalue weighted by molar-refractivity contribution is 0.0906. The molecule has 4 rings (SSSR count). The van der Waals surface area contributed by atoms with E-state index >= 15 is 0 Å². The van der Waals surface area contributed by atoms with Crippen LogP contribution in [0.4, 0.5) is 15.3 Å². The van der Waals surface area contributed by atoms with Crippen molar-refractivity contribution in [3.05, 3.63) is 29.4 Å². The maximum Gasteiger partial charge on any atom is 0.411 e. The van der Waals surface area contributed by atoms with E-state index in [4.69, 9.17) is 4.74 Å². The number of rotatable bonds is 9. The lowest BCUT2D eigenvalue weighted by Gasteiger charge is -2.37. The van der Waals surface area contributed by atoms with Gasteiger partial charge in [0.1, 0.15) is 6.61 Å². The summed E-state index contributed by atoms with van der Waals surface area (Å²) in [6.45, 7) is 10.3. The number of benzene rings is 1. The normalized spacial score (nSPS) is 21.3. The number of hydrogen-bond donors (Lipinski definition) is 4. The van der Waals surface area contributed by atoms with Crippen molar-refractivity contribution >= 4 is 39.2 Å². The highest BCUT2D eigenvalue weighted by atomic mass is 32.2. The van der Waals surface area contributed by atoms with Gasteiger partial charge < -0.3 is 20.1 Å². The van der Waals surface area contributed by atoms with Gasteiger partial charge in [0.15, 0.2) is 0 Å². The Kier molecular flexibility index (Phi) is 10.2. The molecule has 13 heteroatoms. The Labute approximate surface area is 252 Å². The molecule has 4 N–H and O–H groups in total. The van der Waals surface area contributed by atoms with E-state index in [9.17, 15) is 23.1 Å². The largest absolute Gasteiger partial charge is 0.465 e. The Morgan fingerprint density at radius 2 is 1.90 bits per heavy atom. The monoisotopic (exact) mass is 621 g/mol. The fourth-order valence-electron chi connectivity index (χ4n) is 5.71. The SMILES string of the molecule is CC(C)N(C(=O)O)C1CCC(c2ncc(-c3ccc(NC(=O)OC[C@@H]4CCCN4)cc3S(=O)(=O)NC(C)(C)C)s2)CC1. The molecule has 1 aliphatic heterocycles. The molecule has 2 amide bonds. The second-order valence-corrected chi connectivity index (χ2v) is 15.1. The number of carboxylic acid groups (broad SMARTS) is 1. The molecule has 11 nitrogen and oxygen atoms in total. The van der Waals surface area contributed by atoms with Gasteiger partial charge in [-0.1, -0.05) is 6.07 Å². The van der Waals surface area contributed by atoms with Crippen LogP contribution in [0.2, 0.25) is 0 Å². The van der Waals surface area contributed by atoms with Crippen molar-refractivity contribution in [2.75, 3.05) is 18.5 Å². The standard InChI is InChI=1S/C29H43N5O6S2/c1-18(2)34(28(36)37)22-11-8-19(9-12-22)26-31-16-24(41-26)23-13-10-20(15-25(23)42(38,39)33-29(3,4)5)32-27(35)40-17-21-7-6-14-30-21/h10,13,15-16,18-19,21-22,30,33H,6-9,11-12,14,17H2,1-5H3,(H,32,35)(H,36,37)/t19?,21-,22?/m0/s1. The van der Waals surface area contributed by atoms with E-state index in [0.717, 1.165) is 50.1 Å². The van der Waals surface area contributed by atoms with Gasteiger partial charge in [-0.3, -0.25) is 5.32 Å². The maximum absolute atomic E-state index is 13.6. The number of nitrogens with one attached hydrogen (secondary N) is 3. The average Bonchev–Trinajstić information content (AvgIpc) is 3.59. The molecule has 1 aromatic heterocycles. The molecule has 0 radical (unpaired) electrons. The van der Waals surface area contributed by atoms with E-state index in [2.05, 4.69) is 20.3 Å². The highest BCUT2D eigenvalue weighted by Crippen LogP contribution is 2.41. The van der Waals surface area contributed by atoms with Gasteiger partial charge in [-0.05, 0) is 91.8 Å². The second kappa shape index (κ2) is 13.3. The van der Waals surface area contributed by atoms with E-state index in [1.54, 1.807) is 44.0 Å². The number of anilines is 1. The van der Waals surface area contributed by atoms with Crippen molar-refractivity contribution in [2.45, 2.75) is 108 Å². The predicted molar refractivity (Wildman–Crippen MR) is 164 cm³/mol. The molecule has 2 aromatic rings. The quantitative estimate of drug-likeness (QED) is 0.283. The lowest BCUT2D eigenvalue weighted by Crippen LogP contribution is -2.45. The molecule has 2 aliphatic rings. The van der Waals surface area contributed by atoms with E-state index in [-0.39, 0.29) is 35.5 Å². The van der Waals surface area contributed by atoms with Gasteiger partial charge in [0.05, 0.1) is 14.8 Å². The second-order valence-electron chi connectivity index (χ2n) is 12.4. The number of thiazole rings is 1. The number of hydrogen-bond acceptors (Lipinski definition) is 8. The average molecular weight is 622 g/mol. The van der Waals surface area contributed by atoms with Crippen LogP contribution >= 0.6 is 11.3 Å². The van der Waals surface area contributed by atoms with E-state index in [1.807, 2.05) is 13.8 Å². The zero-order valence-corrected chi connectivity index (χ0v) is 26.6. The maximum atomic E-state index is 13.6. The summed E-state index contributed by atoms with van der Waals surface area (Å²) in [6, 6.07) is 4.84. The number of sulfonamides is 1. The molecule has 1 aromatic carbocycles. The number of nitrogens with zero attached hydrogens (tertiary/aromatic N) is 2. The zero-order chi connectivity index (χ0) is 30.7. The number of ether oxygens (including phenoxy) is 1. The molecular weight excluding hydrogens is 578 g/mol. The Morgan fingerprint density at radius 1 is 1.19 bits per heavy atom. The van der Waals surface area contributed by atoms with Gasteiger partial charge in [-0.25, -0.2) is 27.7 Å². The molecule has 2 fully saturated rings. The molecule has 232 valence electrons. The van der Waals surface area contributed by atoms with Gasteiger partial charge in [-0.15, -0.1) is 11.3 Å². The molecule has 0 spiro atoms. The summed E-state index contributed by atoms with van der Waals surface area (Å²) in [7, 11) is -3.96. The molecule has 1 aliphatic carbocycles. The van der Waals surface area contributed by atoms with Crippen LogP contribution in [0.5, 0.6) is 0 Å². The summed E-state index contributed by atoms with van der Waals surface area (Å²) in [4.78, 5) is 31.2. The molecule has 1 atom stereocenters. The summed E-state index contributed by atoms with van der Waals surface area (Å²) in [6.07, 6.45) is 5.29. The van der Waals surface area contributed by atoms with Crippen LogP contribution in [0.15, 0.2) is 29.3 Å². The van der Waals surface area contributed by atoms with Gasteiger partial charge in [0.2, 0.25) is 10.0 Å². The van der Waals surface area contributed by atoms with Crippen LogP contribution in [0.1, 0.15) is 84.1 Å². The van der Waals surface area contributed by atoms with Crippen LogP contribution < -0.4 is 15.4 Å². The van der Waals surface area contributed by atoms with Gasteiger partial charge in [-0.2, -0.15) is 0 Å². The first-order valence-electron chi connectivity index (χ1n) is 14.6. The minimum atomic E-state index is -3.96. The van der Waals surface area contributed by atoms with Crippen LogP contribution in [0.25, 0.3) is 10.4 Å². The fraction of sp³-hybridized carbons (Fsp3) is 0.621. The third kappa shape index (κ3) is 8.21. The predicted octanol–water partition coefficient (Wildman–Crippen LogP) is 5.60. The first-order valence-corrected chi connectivity index (χ1v) is 16.9. The Balaban J connectivity index is 1.54. The molecule has 1 saturated heterocycles. The minimum absolute atomic E-state index is 0.0143. The Hall–Kier alpha value is -2.74. The Bertz CT molecular complexity index is 1360. The number of carbonyl (C=O) groups excluding carboxylic acids is 1. The fourth-order valence-corrected chi connectivity index (χ4v) is 8.57. The highest BCUT2D eigenvalue weighted by Gasteiger charge is 2.32.